The van der Waals surface area contributed by atoms with Gasteiger partial charge in [-0.2, -0.15) is 0 Å². The van der Waals surface area contributed by atoms with E-state index in [1.807, 2.05) is 59.1 Å². The van der Waals surface area contributed by atoms with Crippen molar-refractivity contribution in [1.82, 2.24) is 9.47 Å². The molecule has 0 aliphatic rings. The van der Waals surface area contributed by atoms with Crippen LogP contribution in [-0.4, -0.2) is 29.0 Å². The molecule has 1 aromatic heterocycles. The zero-order chi connectivity index (χ0) is 15.2. The molecule has 1 heterocycles. The lowest BCUT2D eigenvalue weighted by molar-refractivity contribution is 0.0736. The molecule has 0 spiro atoms. The first-order valence-electron chi connectivity index (χ1n) is 7.19. The van der Waals surface area contributed by atoms with Crippen molar-refractivity contribution in [2.75, 3.05) is 13.7 Å². The monoisotopic (exact) mass is 286 g/mol. The molecular formula is C17H22N2O2. The van der Waals surface area contributed by atoms with Crippen LogP contribution in [-0.2, 0) is 13.6 Å². The number of aryl methyl sites for hydroxylation is 1. The van der Waals surface area contributed by atoms with E-state index < -0.39 is 0 Å². The predicted octanol–water partition coefficient (Wildman–Crippen LogP) is 3.09. The van der Waals surface area contributed by atoms with Crippen LogP contribution in [0.1, 0.15) is 29.4 Å². The van der Waals surface area contributed by atoms with Crippen LogP contribution in [0.15, 0.2) is 42.6 Å². The summed E-state index contributed by atoms with van der Waals surface area (Å²) in [5.41, 5.74) is 1.73. The molecule has 0 fully saturated rings. The fraction of sp³-hybridized carbons (Fsp3) is 0.353. The maximum Gasteiger partial charge on any atom is 0.257 e. The van der Waals surface area contributed by atoms with Gasteiger partial charge in [0, 0.05) is 25.5 Å². The van der Waals surface area contributed by atoms with Crippen LogP contribution >= 0.6 is 0 Å². The number of ether oxygens (including phenoxy) is 1. The summed E-state index contributed by atoms with van der Waals surface area (Å²) in [6.45, 7) is 3.41. The molecule has 0 saturated carbocycles. The predicted molar refractivity (Wildman–Crippen MR) is 83.4 cm³/mol. The van der Waals surface area contributed by atoms with Crippen molar-refractivity contribution < 1.29 is 9.53 Å². The number of para-hydroxylation sites is 1. The number of aromatic nitrogens is 1. The Hall–Kier alpha value is -2.23. The third-order valence-electron chi connectivity index (χ3n) is 3.52. The van der Waals surface area contributed by atoms with Crippen molar-refractivity contribution >= 4 is 5.91 Å². The number of carbonyl (C=O) groups is 1. The smallest absolute Gasteiger partial charge is 0.257 e. The van der Waals surface area contributed by atoms with Crippen LogP contribution < -0.4 is 4.74 Å². The summed E-state index contributed by atoms with van der Waals surface area (Å²) in [4.78, 5) is 14.7. The first-order valence-corrected chi connectivity index (χ1v) is 7.19. The summed E-state index contributed by atoms with van der Waals surface area (Å²) >= 11 is 0. The normalized spacial score (nSPS) is 10.4. The van der Waals surface area contributed by atoms with Gasteiger partial charge in [0.15, 0.2) is 0 Å². The van der Waals surface area contributed by atoms with Crippen LogP contribution in [0.25, 0.3) is 0 Å². The molecule has 2 rings (SSSR count). The van der Waals surface area contributed by atoms with Crippen molar-refractivity contribution in [2.45, 2.75) is 19.9 Å². The molecule has 2 aromatic rings. The van der Waals surface area contributed by atoms with Crippen LogP contribution in [0.2, 0.25) is 0 Å². The van der Waals surface area contributed by atoms with Crippen LogP contribution in [0.3, 0.4) is 0 Å². The third-order valence-corrected chi connectivity index (χ3v) is 3.52. The minimum Gasteiger partial charge on any atom is -0.496 e. The summed E-state index contributed by atoms with van der Waals surface area (Å²) in [5.74, 6) is 0.631. The van der Waals surface area contributed by atoms with Gasteiger partial charge < -0.3 is 14.2 Å². The van der Waals surface area contributed by atoms with Gasteiger partial charge in [-0.25, -0.2) is 0 Å². The van der Waals surface area contributed by atoms with Gasteiger partial charge in [-0.05, 0) is 30.7 Å². The molecule has 1 aromatic carbocycles. The van der Waals surface area contributed by atoms with Gasteiger partial charge in [-0.3, -0.25) is 4.79 Å². The average Bonchev–Trinajstić information content (AvgIpc) is 2.91. The summed E-state index contributed by atoms with van der Waals surface area (Å²) < 4.78 is 7.34. The second kappa shape index (κ2) is 6.97. The van der Waals surface area contributed by atoms with E-state index in [1.165, 1.54) is 0 Å². The Balaban J connectivity index is 2.25. The number of carbonyl (C=O) groups excluding carboxylic acids is 1. The van der Waals surface area contributed by atoms with Crippen LogP contribution in [0.5, 0.6) is 5.75 Å². The van der Waals surface area contributed by atoms with Crippen molar-refractivity contribution in [3.8, 4) is 5.75 Å². The molecule has 112 valence electrons. The molecule has 0 bridgehead atoms. The summed E-state index contributed by atoms with van der Waals surface area (Å²) in [7, 11) is 3.58. The number of benzene rings is 1. The number of amides is 1. The number of nitrogens with zero attached hydrogens (tertiary/aromatic N) is 2. The molecule has 0 radical (unpaired) electrons. The highest BCUT2D eigenvalue weighted by atomic mass is 16.5. The number of hydrogen-bond donors (Lipinski definition) is 0. The summed E-state index contributed by atoms with van der Waals surface area (Å²) in [6, 6.07) is 11.4. The molecule has 0 atom stereocenters. The van der Waals surface area contributed by atoms with Crippen molar-refractivity contribution in [1.29, 1.82) is 0 Å². The number of methoxy groups -OCH3 is 1. The average molecular weight is 286 g/mol. The van der Waals surface area contributed by atoms with Gasteiger partial charge in [0.1, 0.15) is 5.75 Å². The SMILES string of the molecule is CCCN(Cc1cccn1C)C(=O)c1ccccc1OC. The topological polar surface area (TPSA) is 34.5 Å². The lowest BCUT2D eigenvalue weighted by atomic mass is 10.1. The highest BCUT2D eigenvalue weighted by molar-refractivity contribution is 5.96. The standard InChI is InChI=1S/C17H22N2O2/c1-4-11-19(13-14-8-7-12-18(14)2)17(20)15-9-5-6-10-16(15)21-3/h5-10,12H,4,11,13H2,1-3H3. The molecule has 4 nitrogen and oxygen atoms in total. The van der Waals surface area contributed by atoms with Crippen LogP contribution in [0, 0.1) is 0 Å². The van der Waals surface area contributed by atoms with Crippen molar-refractivity contribution in [3.05, 3.63) is 53.9 Å². The number of hydrogen-bond acceptors (Lipinski definition) is 2. The molecule has 1 amide bonds. The zero-order valence-electron chi connectivity index (χ0n) is 12.9. The molecule has 0 aliphatic heterocycles. The summed E-state index contributed by atoms with van der Waals surface area (Å²) in [5, 5.41) is 0. The maximum atomic E-state index is 12.8. The maximum absolute atomic E-state index is 12.8. The van der Waals surface area contributed by atoms with E-state index in [4.69, 9.17) is 4.74 Å². The molecule has 21 heavy (non-hydrogen) atoms. The Kier molecular flexibility index (Phi) is 5.04. The van der Waals surface area contributed by atoms with E-state index in [9.17, 15) is 4.79 Å². The highest BCUT2D eigenvalue weighted by Gasteiger charge is 2.19. The van der Waals surface area contributed by atoms with Gasteiger partial charge in [-0.15, -0.1) is 0 Å². The molecule has 4 heteroatoms. The van der Waals surface area contributed by atoms with E-state index in [1.54, 1.807) is 7.11 Å². The molecule has 0 aliphatic carbocycles. The van der Waals surface area contributed by atoms with E-state index in [0.29, 0.717) is 17.9 Å². The van der Waals surface area contributed by atoms with Crippen molar-refractivity contribution in [3.63, 3.8) is 0 Å². The Morgan fingerprint density at radius 2 is 2.00 bits per heavy atom. The van der Waals surface area contributed by atoms with Gasteiger partial charge in [0.25, 0.3) is 5.91 Å². The fourth-order valence-corrected chi connectivity index (χ4v) is 2.37. The van der Waals surface area contributed by atoms with Gasteiger partial charge in [0.05, 0.1) is 19.2 Å². The minimum atomic E-state index is 0.00972. The summed E-state index contributed by atoms with van der Waals surface area (Å²) in [6.07, 6.45) is 2.92. The Labute approximate surface area is 125 Å². The molecule has 0 N–H and O–H groups in total. The lowest BCUT2D eigenvalue weighted by Crippen LogP contribution is -2.32. The van der Waals surface area contributed by atoms with E-state index >= 15 is 0 Å². The van der Waals surface area contributed by atoms with E-state index in [2.05, 4.69) is 6.92 Å². The highest BCUT2D eigenvalue weighted by Crippen LogP contribution is 2.20. The Bertz CT molecular complexity index is 604. The Morgan fingerprint density at radius 3 is 2.62 bits per heavy atom. The zero-order valence-corrected chi connectivity index (χ0v) is 12.9. The first-order chi connectivity index (χ1) is 10.2. The van der Waals surface area contributed by atoms with Crippen LogP contribution in [0.4, 0.5) is 0 Å². The second-order valence-corrected chi connectivity index (χ2v) is 5.04. The van der Waals surface area contributed by atoms with E-state index in [0.717, 1.165) is 18.7 Å². The molecule has 0 saturated heterocycles. The first kappa shape index (κ1) is 15.2. The van der Waals surface area contributed by atoms with Gasteiger partial charge in [0.2, 0.25) is 0 Å². The molecule has 0 unspecified atom stereocenters. The largest absolute Gasteiger partial charge is 0.496 e. The quantitative estimate of drug-likeness (QED) is 0.818. The van der Waals surface area contributed by atoms with Gasteiger partial charge >= 0.3 is 0 Å². The molecular weight excluding hydrogens is 264 g/mol. The second-order valence-electron chi connectivity index (χ2n) is 5.04. The minimum absolute atomic E-state index is 0.00972. The lowest BCUT2D eigenvalue weighted by Gasteiger charge is -2.23. The van der Waals surface area contributed by atoms with E-state index in [-0.39, 0.29) is 5.91 Å². The van der Waals surface area contributed by atoms with Crippen molar-refractivity contribution in [2.24, 2.45) is 7.05 Å². The fourth-order valence-electron chi connectivity index (χ4n) is 2.37. The third kappa shape index (κ3) is 3.45. The van der Waals surface area contributed by atoms with Gasteiger partial charge in [-0.1, -0.05) is 19.1 Å². The Morgan fingerprint density at radius 1 is 1.24 bits per heavy atom. The number of rotatable bonds is 6.